The summed E-state index contributed by atoms with van der Waals surface area (Å²) in [6, 6.07) is 0. The molecular weight excluding hydrogens is 218 g/mol. The number of rotatable bonds is 9. The van der Waals surface area contributed by atoms with Gasteiger partial charge in [-0.3, -0.25) is 4.79 Å². The van der Waals surface area contributed by atoms with E-state index in [0.29, 0.717) is 19.1 Å². The monoisotopic (exact) mass is 243 g/mol. The van der Waals surface area contributed by atoms with Crippen LogP contribution >= 0.6 is 0 Å². The molecule has 0 aromatic carbocycles. The van der Waals surface area contributed by atoms with E-state index < -0.39 is 11.5 Å². The van der Waals surface area contributed by atoms with Crippen LogP contribution in [0, 0.1) is 0 Å². The van der Waals surface area contributed by atoms with Crippen molar-refractivity contribution in [3.63, 3.8) is 0 Å². The van der Waals surface area contributed by atoms with E-state index in [1.165, 1.54) is 19.3 Å². The quantitative estimate of drug-likeness (QED) is 0.609. The summed E-state index contributed by atoms with van der Waals surface area (Å²) in [5.74, 6) is -0.769. The van der Waals surface area contributed by atoms with Crippen molar-refractivity contribution in [2.45, 2.75) is 64.0 Å². The third-order valence-corrected chi connectivity index (χ3v) is 3.46. The molecule has 1 atom stereocenters. The summed E-state index contributed by atoms with van der Waals surface area (Å²) in [6.45, 7) is 5.22. The van der Waals surface area contributed by atoms with E-state index in [4.69, 9.17) is 4.74 Å². The Labute approximate surface area is 104 Å². The molecule has 0 heterocycles. The van der Waals surface area contributed by atoms with Gasteiger partial charge >= 0.3 is 5.97 Å². The van der Waals surface area contributed by atoms with Gasteiger partial charge in [0.25, 0.3) is 0 Å². The van der Waals surface area contributed by atoms with Crippen LogP contribution in [0.1, 0.15) is 52.4 Å². The Balaban J connectivity index is 2.20. The van der Waals surface area contributed by atoms with E-state index in [-0.39, 0.29) is 0 Å². The molecule has 0 aromatic rings. The predicted molar refractivity (Wildman–Crippen MR) is 67.2 cm³/mol. The topological polar surface area (TPSA) is 58.6 Å². The molecule has 0 amide bonds. The second-order valence-corrected chi connectivity index (χ2v) is 5.09. The van der Waals surface area contributed by atoms with Gasteiger partial charge in [0.2, 0.25) is 0 Å². The van der Waals surface area contributed by atoms with Crippen molar-refractivity contribution in [1.82, 2.24) is 5.32 Å². The van der Waals surface area contributed by atoms with E-state index >= 15 is 0 Å². The molecule has 0 aromatic heterocycles. The van der Waals surface area contributed by atoms with Gasteiger partial charge in [-0.2, -0.15) is 0 Å². The van der Waals surface area contributed by atoms with E-state index in [2.05, 4.69) is 5.32 Å². The first-order valence-corrected chi connectivity index (χ1v) is 6.68. The minimum atomic E-state index is -0.807. The van der Waals surface area contributed by atoms with Gasteiger partial charge in [-0.15, -0.1) is 0 Å². The van der Waals surface area contributed by atoms with Gasteiger partial charge in [0.15, 0.2) is 0 Å². The molecule has 0 bridgehead atoms. The van der Waals surface area contributed by atoms with Gasteiger partial charge < -0.3 is 15.2 Å². The maximum absolute atomic E-state index is 11.2. The van der Waals surface area contributed by atoms with Gasteiger partial charge in [0, 0.05) is 6.61 Å². The Bertz CT molecular complexity index is 241. The van der Waals surface area contributed by atoms with Gasteiger partial charge in [-0.05, 0) is 52.0 Å². The molecule has 1 rings (SSSR count). The summed E-state index contributed by atoms with van der Waals surface area (Å²) in [4.78, 5) is 11.2. The number of carbonyl (C=O) groups is 1. The summed E-state index contributed by atoms with van der Waals surface area (Å²) in [5, 5.41) is 12.3. The molecule has 17 heavy (non-hydrogen) atoms. The summed E-state index contributed by atoms with van der Waals surface area (Å²) in [7, 11) is 0. The zero-order valence-corrected chi connectivity index (χ0v) is 11.0. The standard InChI is InChI=1S/C13H25NO3/c1-3-9-14-13(2,12(15)16)8-5-10-17-11-6-4-7-11/h11,14H,3-10H2,1-2H3,(H,15,16). The number of ether oxygens (including phenoxy) is 1. The lowest BCUT2D eigenvalue weighted by molar-refractivity contribution is -0.144. The molecule has 1 unspecified atom stereocenters. The van der Waals surface area contributed by atoms with Crippen LogP contribution in [-0.2, 0) is 9.53 Å². The van der Waals surface area contributed by atoms with Crippen molar-refractivity contribution < 1.29 is 14.6 Å². The van der Waals surface area contributed by atoms with E-state index in [1.54, 1.807) is 6.92 Å². The normalized spacial score (nSPS) is 19.6. The molecule has 100 valence electrons. The molecule has 1 aliphatic rings. The molecule has 4 heteroatoms. The van der Waals surface area contributed by atoms with Crippen LogP contribution in [0.5, 0.6) is 0 Å². The third-order valence-electron chi connectivity index (χ3n) is 3.46. The molecule has 1 fully saturated rings. The van der Waals surface area contributed by atoms with Crippen molar-refractivity contribution in [3.05, 3.63) is 0 Å². The lowest BCUT2D eigenvalue weighted by Gasteiger charge is -2.28. The highest BCUT2D eigenvalue weighted by Gasteiger charge is 2.31. The fourth-order valence-electron chi connectivity index (χ4n) is 1.89. The number of nitrogens with one attached hydrogen (secondary N) is 1. The Morgan fingerprint density at radius 1 is 1.53 bits per heavy atom. The zero-order valence-electron chi connectivity index (χ0n) is 11.0. The molecule has 1 saturated carbocycles. The largest absolute Gasteiger partial charge is 0.480 e. The number of aliphatic carboxylic acids is 1. The molecule has 0 aliphatic heterocycles. The smallest absolute Gasteiger partial charge is 0.323 e. The van der Waals surface area contributed by atoms with Crippen molar-refractivity contribution in [3.8, 4) is 0 Å². The first kappa shape index (κ1) is 14.5. The van der Waals surface area contributed by atoms with Crippen molar-refractivity contribution >= 4 is 5.97 Å². The Morgan fingerprint density at radius 2 is 2.24 bits per heavy atom. The number of hydrogen-bond donors (Lipinski definition) is 2. The van der Waals surface area contributed by atoms with Crippen LogP contribution < -0.4 is 5.32 Å². The molecule has 2 N–H and O–H groups in total. The maximum atomic E-state index is 11.2. The summed E-state index contributed by atoms with van der Waals surface area (Å²) in [5.41, 5.74) is -0.807. The molecular formula is C13H25NO3. The van der Waals surface area contributed by atoms with Crippen LogP contribution in [-0.4, -0.2) is 35.9 Å². The van der Waals surface area contributed by atoms with E-state index in [0.717, 1.165) is 19.4 Å². The van der Waals surface area contributed by atoms with E-state index in [9.17, 15) is 9.90 Å². The molecule has 0 spiro atoms. The second kappa shape index (κ2) is 6.97. The van der Waals surface area contributed by atoms with Crippen molar-refractivity contribution in [2.24, 2.45) is 0 Å². The van der Waals surface area contributed by atoms with Crippen molar-refractivity contribution in [1.29, 1.82) is 0 Å². The second-order valence-electron chi connectivity index (χ2n) is 5.09. The van der Waals surface area contributed by atoms with E-state index in [1.807, 2.05) is 6.92 Å². The highest BCUT2D eigenvalue weighted by Crippen LogP contribution is 2.22. The van der Waals surface area contributed by atoms with Gasteiger partial charge in [-0.25, -0.2) is 0 Å². The van der Waals surface area contributed by atoms with Crippen LogP contribution in [0.3, 0.4) is 0 Å². The summed E-state index contributed by atoms with van der Waals surface area (Å²) >= 11 is 0. The van der Waals surface area contributed by atoms with Crippen LogP contribution in [0.2, 0.25) is 0 Å². The van der Waals surface area contributed by atoms with Crippen LogP contribution in [0.4, 0.5) is 0 Å². The first-order chi connectivity index (χ1) is 8.08. The highest BCUT2D eigenvalue weighted by atomic mass is 16.5. The summed E-state index contributed by atoms with van der Waals surface area (Å²) < 4.78 is 5.64. The average molecular weight is 243 g/mol. The number of hydrogen-bond acceptors (Lipinski definition) is 3. The minimum absolute atomic E-state index is 0.440. The average Bonchev–Trinajstić information content (AvgIpc) is 2.23. The number of carboxylic acids is 1. The van der Waals surface area contributed by atoms with Gasteiger partial charge in [-0.1, -0.05) is 6.92 Å². The number of carboxylic acid groups (broad SMARTS) is 1. The summed E-state index contributed by atoms with van der Waals surface area (Å²) in [6.07, 6.45) is 6.42. The fraction of sp³-hybridized carbons (Fsp3) is 0.923. The Morgan fingerprint density at radius 3 is 2.71 bits per heavy atom. The Hall–Kier alpha value is -0.610. The Kier molecular flexibility index (Phi) is 5.92. The third kappa shape index (κ3) is 4.64. The van der Waals surface area contributed by atoms with Gasteiger partial charge in [0.1, 0.15) is 5.54 Å². The first-order valence-electron chi connectivity index (χ1n) is 6.68. The predicted octanol–water partition coefficient (Wildman–Crippen LogP) is 2.18. The lowest BCUT2D eigenvalue weighted by Crippen LogP contribution is -2.49. The fourth-order valence-corrected chi connectivity index (χ4v) is 1.89. The zero-order chi connectivity index (χ0) is 12.7. The molecule has 1 aliphatic carbocycles. The van der Waals surface area contributed by atoms with Crippen LogP contribution in [0.25, 0.3) is 0 Å². The minimum Gasteiger partial charge on any atom is -0.480 e. The van der Waals surface area contributed by atoms with Crippen LogP contribution in [0.15, 0.2) is 0 Å². The SMILES string of the molecule is CCCNC(C)(CCCOC1CCC1)C(=O)O. The van der Waals surface area contributed by atoms with Gasteiger partial charge in [0.05, 0.1) is 6.10 Å². The maximum Gasteiger partial charge on any atom is 0.323 e. The lowest BCUT2D eigenvalue weighted by atomic mass is 9.95. The van der Waals surface area contributed by atoms with Crippen molar-refractivity contribution in [2.75, 3.05) is 13.2 Å². The molecule has 0 radical (unpaired) electrons. The molecule has 0 saturated heterocycles. The molecule has 4 nitrogen and oxygen atoms in total. The highest BCUT2D eigenvalue weighted by molar-refractivity contribution is 5.78.